The number of carbonyl (C=O) groups is 1. The molecular weight excluding hydrogens is 145 g/mol. The molecule has 1 rings (SSSR count). The first kappa shape index (κ1) is 8.65. The molecule has 0 radical (unpaired) electrons. The second kappa shape index (κ2) is 3.81. The van der Waals surface area contributed by atoms with Crippen LogP contribution < -0.4 is 0 Å². The van der Waals surface area contributed by atoms with E-state index in [-0.39, 0.29) is 12.7 Å². The van der Waals surface area contributed by atoms with Gasteiger partial charge in [0.05, 0.1) is 0 Å². The van der Waals surface area contributed by atoms with E-state index in [4.69, 9.17) is 0 Å². The first-order valence-electron chi connectivity index (χ1n) is 4.05. The molecule has 0 amide bonds. The van der Waals surface area contributed by atoms with Crippen molar-refractivity contribution in [3.8, 4) is 0 Å². The first-order valence-corrected chi connectivity index (χ1v) is 4.05. The largest absolute Gasteiger partial charge is 0.300 e. The van der Waals surface area contributed by atoms with E-state index in [1.165, 1.54) is 0 Å². The Morgan fingerprint density at radius 2 is 2.09 bits per heavy atom. The van der Waals surface area contributed by atoms with Crippen molar-refractivity contribution in [1.29, 1.82) is 0 Å². The summed E-state index contributed by atoms with van der Waals surface area (Å²) in [4.78, 5) is 12.8. The molecule has 3 heteroatoms. The second-order valence-corrected chi connectivity index (χ2v) is 3.08. The third-order valence-corrected chi connectivity index (χ3v) is 2.20. The Hall–Kier alpha value is -0.440. The maximum absolute atomic E-state index is 12.1. The Kier molecular flexibility index (Phi) is 3.00. The van der Waals surface area contributed by atoms with Crippen LogP contribution in [-0.2, 0) is 4.79 Å². The minimum Gasteiger partial charge on any atom is -0.300 e. The van der Waals surface area contributed by atoms with Crippen LogP contribution in [0, 0.1) is 0 Å². The van der Waals surface area contributed by atoms with Crippen molar-refractivity contribution in [2.75, 3.05) is 19.8 Å². The normalized spacial score (nSPS) is 23.6. The molecule has 0 unspecified atom stereocenters. The highest BCUT2D eigenvalue weighted by Gasteiger charge is 2.19. The fourth-order valence-corrected chi connectivity index (χ4v) is 1.31. The zero-order valence-corrected chi connectivity index (χ0v) is 6.85. The lowest BCUT2D eigenvalue weighted by Crippen LogP contribution is -2.41. The molecule has 0 N–H and O–H groups in total. The van der Waals surface area contributed by atoms with Crippen molar-refractivity contribution < 1.29 is 9.18 Å². The number of alkyl halides is 1. The van der Waals surface area contributed by atoms with Gasteiger partial charge < -0.3 is 0 Å². The van der Waals surface area contributed by atoms with Gasteiger partial charge in [0.2, 0.25) is 0 Å². The minimum absolute atomic E-state index is 0.0110. The van der Waals surface area contributed by atoms with Crippen LogP contribution in [0.3, 0.4) is 0 Å². The van der Waals surface area contributed by atoms with Gasteiger partial charge in [0.25, 0.3) is 0 Å². The predicted octanol–water partition coefficient (Wildman–Crippen LogP) is 1.01. The minimum atomic E-state index is -0.311. The average molecular weight is 159 g/mol. The van der Waals surface area contributed by atoms with Gasteiger partial charge >= 0.3 is 0 Å². The third kappa shape index (κ3) is 2.26. The smallest absolute Gasteiger partial charge is 0.135 e. The highest BCUT2D eigenvalue weighted by Crippen LogP contribution is 2.09. The summed E-state index contributed by atoms with van der Waals surface area (Å²) in [6, 6.07) is -0.0110. The van der Waals surface area contributed by atoms with Crippen LogP contribution in [-0.4, -0.2) is 36.5 Å². The molecule has 1 heterocycles. The summed E-state index contributed by atoms with van der Waals surface area (Å²) in [5, 5.41) is 0. The van der Waals surface area contributed by atoms with Crippen LogP contribution in [0.4, 0.5) is 4.39 Å². The number of halogens is 1. The summed E-state index contributed by atoms with van der Waals surface area (Å²) in [7, 11) is 0. The molecule has 0 saturated carbocycles. The highest BCUT2D eigenvalue weighted by molar-refractivity contribution is 5.79. The molecule has 0 aliphatic carbocycles. The number of hydrogen-bond donors (Lipinski definition) is 0. The first-order chi connectivity index (χ1) is 5.24. The quantitative estimate of drug-likeness (QED) is 0.599. The van der Waals surface area contributed by atoms with Gasteiger partial charge in [-0.25, -0.2) is 4.39 Å². The number of rotatable bonds is 2. The van der Waals surface area contributed by atoms with Crippen molar-refractivity contribution >= 4 is 5.78 Å². The maximum Gasteiger partial charge on any atom is 0.135 e. The fourth-order valence-electron chi connectivity index (χ4n) is 1.31. The lowest BCUT2D eigenvalue weighted by molar-refractivity contribution is -0.121. The number of nitrogens with zero attached hydrogens (tertiary/aromatic N) is 1. The van der Waals surface area contributed by atoms with Crippen LogP contribution in [0.5, 0.6) is 0 Å². The Morgan fingerprint density at radius 3 is 2.55 bits per heavy atom. The lowest BCUT2D eigenvalue weighted by atomic mass is 10.1. The van der Waals surface area contributed by atoms with E-state index < -0.39 is 0 Å². The van der Waals surface area contributed by atoms with E-state index in [2.05, 4.69) is 0 Å². The Labute approximate surface area is 66.4 Å². The van der Waals surface area contributed by atoms with Gasteiger partial charge in [-0.2, -0.15) is 0 Å². The fraction of sp³-hybridized carbons (Fsp3) is 0.875. The molecule has 1 aliphatic heterocycles. The Bertz CT molecular complexity index is 139. The van der Waals surface area contributed by atoms with Crippen LogP contribution in [0.15, 0.2) is 0 Å². The molecule has 0 bridgehead atoms. The molecule has 1 aliphatic rings. The second-order valence-electron chi connectivity index (χ2n) is 3.08. The SMILES string of the molecule is C[C@@H](CF)N1CCC(=O)CC1. The molecule has 64 valence electrons. The molecule has 2 nitrogen and oxygen atoms in total. The van der Waals surface area contributed by atoms with Crippen LogP contribution in [0.1, 0.15) is 19.8 Å². The number of carbonyl (C=O) groups excluding carboxylic acids is 1. The van der Waals surface area contributed by atoms with Gasteiger partial charge in [-0.1, -0.05) is 0 Å². The number of hydrogen-bond acceptors (Lipinski definition) is 2. The van der Waals surface area contributed by atoms with Crippen molar-refractivity contribution in [2.45, 2.75) is 25.8 Å². The zero-order valence-electron chi connectivity index (χ0n) is 6.85. The standard InChI is InChI=1S/C8H14FNO/c1-7(6-9)10-4-2-8(11)3-5-10/h7H,2-6H2,1H3/t7-/m0/s1. The maximum atomic E-state index is 12.1. The Balaban J connectivity index is 2.32. The van der Waals surface area contributed by atoms with Crippen molar-refractivity contribution in [3.05, 3.63) is 0 Å². The summed E-state index contributed by atoms with van der Waals surface area (Å²) in [6.45, 7) is 3.03. The van der Waals surface area contributed by atoms with Crippen molar-refractivity contribution in [2.24, 2.45) is 0 Å². The monoisotopic (exact) mass is 159 g/mol. The van der Waals surface area contributed by atoms with Crippen molar-refractivity contribution in [1.82, 2.24) is 4.90 Å². The van der Waals surface area contributed by atoms with Gasteiger partial charge in [0, 0.05) is 32.0 Å². The molecule has 0 aromatic heterocycles. The number of likely N-dealkylation sites (tertiary alicyclic amines) is 1. The Morgan fingerprint density at radius 1 is 1.55 bits per heavy atom. The average Bonchev–Trinajstić information content (AvgIpc) is 2.05. The zero-order chi connectivity index (χ0) is 8.27. The lowest BCUT2D eigenvalue weighted by Gasteiger charge is -2.29. The van der Waals surface area contributed by atoms with E-state index >= 15 is 0 Å². The number of ketones is 1. The summed E-state index contributed by atoms with van der Waals surface area (Å²) >= 11 is 0. The molecule has 0 spiro atoms. The number of piperidine rings is 1. The molecule has 1 saturated heterocycles. The van der Waals surface area contributed by atoms with Crippen LogP contribution in [0.25, 0.3) is 0 Å². The molecule has 0 aromatic carbocycles. The van der Waals surface area contributed by atoms with Gasteiger partial charge in [0.1, 0.15) is 12.5 Å². The predicted molar refractivity (Wildman–Crippen MR) is 41.3 cm³/mol. The summed E-state index contributed by atoms with van der Waals surface area (Å²) < 4.78 is 12.1. The van der Waals surface area contributed by atoms with Crippen LogP contribution in [0.2, 0.25) is 0 Å². The number of Topliss-reactive ketones (excluding diaryl/α,β-unsaturated/α-hetero) is 1. The van der Waals surface area contributed by atoms with Gasteiger partial charge in [0.15, 0.2) is 0 Å². The van der Waals surface area contributed by atoms with Gasteiger partial charge in [-0.3, -0.25) is 9.69 Å². The van der Waals surface area contributed by atoms with Crippen LogP contribution >= 0.6 is 0 Å². The van der Waals surface area contributed by atoms with E-state index in [9.17, 15) is 9.18 Å². The summed E-state index contributed by atoms with van der Waals surface area (Å²) in [5.41, 5.74) is 0. The van der Waals surface area contributed by atoms with Gasteiger partial charge in [-0.15, -0.1) is 0 Å². The summed E-state index contributed by atoms with van der Waals surface area (Å²) in [5.74, 6) is 0.312. The van der Waals surface area contributed by atoms with Gasteiger partial charge in [-0.05, 0) is 6.92 Å². The molecule has 1 fully saturated rings. The van der Waals surface area contributed by atoms with Crippen molar-refractivity contribution in [3.63, 3.8) is 0 Å². The van der Waals surface area contributed by atoms with E-state index in [1.54, 1.807) is 0 Å². The molecule has 11 heavy (non-hydrogen) atoms. The van der Waals surface area contributed by atoms with E-state index in [0.717, 1.165) is 13.1 Å². The van der Waals surface area contributed by atoms with E-state index in [0.29, 0.717) is 18.6 Å². The third-order valence-electron chi connectivity index (χ3n) is 2.20. The highest BCUT2D eigenvalue weighted by atomic mass is 19.1. The molecule has 0 aromatic rings. The topological polar surface area (TPSA) is 20.3 Å². The summed E-state index contributed by atoms with van der Waals surface area (Å²) in [6.07, 6.45) is 1.20. The molecule has 1 atom stereocenters. The van der Waals surface area contributed by atoms with E-state index in [1.807, 2.05) is 11.8 Å². The molecular formula is C8H14FNO.